The van der Waals surface area contributed by atoms with Gasteiger partial charge in [0.1, 0.15) is 0 Å². The molecule has 0 aromatic rings. The molecule has 0 radical (unpaired) electrons. The molecule has 0 heterocycles. The Kier molecular flexibility index (Phi) is 7.09. The van der Waals surface area contributed by atoms with Crippen molar-refractivity contribution in [1.29, 1.82) is 0 Å². The van der Waals surface area contributed by atoms with Gasteiger partial charge >= 0.3 is 6.18 Å². The van der Waals surface area contributed by atoms with E-state index in [4.69, 9.17) is 5.73 Å². The second kappa shape index (κ2) is 7.21. The standard InChI is InChI=1S/C12H25F3N2/c1-4-11(5-2,10-16)17(6-3)9-7-8-12(13,14)15/h4-10,16H2,1-3H3. The highest BCUT2D eigenvalue weighted by Crippen LogP contribution is 2.26. The number of nitrogens with zero attached hydrogens (tertiary/aromatic N) is 1. The Bertz CT molecular complexity index is 192. The number of hydrogen-bond donors (Lipinski definition) is 1. The molecule has 0 unspecified atom stereocenters. The Morgan fingerprint density at radius 2 is 1.59 bits per heavy atom. The molecule has 2 N–H and O–H groups in total. The maximum atomic E-state index is 12.1. The second-order valence-electron chi connectivity index (χ2n) is 4.43. The van der Waals surface area contributed by atoms with Crippen LogP contribution in [0.25, 0.3) is 0 Å². The number of alkyl halides is 3. The van der Waals surface area contributed by atoms with Crippen LogP contribution in [0.5, 0.6) is 0 Å². The van der Waals surface area contributed by atoms with Crippen molar-refractivity contribution in [3.05, 3.63) is 0 Å². The minimum Gasteiger partial charge on any atom is -0.329 e. The van der Waals surface area contributed by atoms with E-state index in [1.807, 2.05) is 20.8 Å². The minimum atomic E-state index is -4.05. The normalized spacial score (nSPS) is 13.4. The quantitative estimate of drug-likeness (QED) is 0.721. The summed E-state index contributed by atoms with van der Waals surface area (Å²) in [5, 5.41) is 0. The number of nitrogens with two attached hydrogens (primary N) is 1. The van der Waals surface area contributed by atoms with Crippen LogP contribution in [-0.4, -0.2) is 36.2 Å². The predicted molar refractivity (Wildman–Crippen MR) is 64.9 cm³/mol. The third-order valence-corrected chi connectivity index (χ3v) is 3.64. The molecule has 5 heteroatoms. The molecule has 0 amide bonds. The summed E-state index contributed by atoms with van der Waals surface area (Å²) in [5.41, 5.74) is 5.66. The Balaban J connectivity index is 4.40. The highest BCUT2D eigenvalue weighted by molar-refractivity contribution is 4.89. The third-order valence-electron chi connectivity index (χ3n) is 3.64. The molecule has 0 aromatic heterocycles. The first kappa shape index (κ1) is 16.7. The molecule has 0 spiro atoms. The fourth-order valence-electron chi connectivity index (χ4n) is 2.32. The lowest BCUT2D eigenvalue weighted by Crippen LogP contribution is -2.53. The molecule has 104 valence electrons. The number of halogens is 3. The van der Waals surface area contributed by atoms with Crippen LogP contribution in [-0.2, 0) is 0 Å². The van der Waals surface area contributed by atoms with E-state index in [9.17, 15) is 13.2 Å². The second-order valence-corrected chi connectivity index (χ2v) is 4.43. The van der Waals surface area contributed by atoms with Crippen LogP contribution in [0.4, 0.5) is 13.2 Å². The largest absolute Gasteiger partial charge is 0.389 e. The third kappa shape index (κ3) is 5.25. The molecule has 2 nitrogen and oxygen atoms in total. The van der Waals surface area contributed by atoms with Crippen molar-refractivity contribution in [3.63, 3.8) is 0 Å². The zero-order valence-electron chi connectivity index (χ0n) is 11.1. The fraction of sp³-hybridized carbons (Fsp3) is 1.00. The van der Waals surface area contributed by atoms with Gasteiger partial charge in [0.2, 0.25) is 0 Å². The molecule has 0 bridgehead atoms. The van der Waals surface area contributed by atoms with Gasteiger partial charge in [-0.2, -0.15) is 13.2 Å². The van der Waals surface area contributed by atoms with E-state index in [2.05, 4.69) is 4.90 Å². The van der Waals surface area contributed by atoms with Crippen molar-refractivity contribution in [2.75, 3.05) is 19.6 Å². The summed E-state index contributed by atoms with van der Waals surface area (Å²) in [6.45, 7) is 7.78. The predicted octanol–water partition coefficient (Wildman–Crippen LogP) is 3.17. The molecule has 0 aliphatic rings. The van der Waals surface area contributed by atoms with Crippen LogP contribution in [0.15, 0.2) is 0 Å². The molecular weight excluding hydrogens is 229 g/mol. The smallest absolute Gasteiger partial charge is 0.329 e. The Labute approximate surface area is 102 Å². The van der Waals surface area contributed by atoms with E-state index in [1.165, 1.54) is 0 Å². The van der Waals surface area contributed by atoms with Gasteiger partial charge in [-0.3, -0.25) is 4.90 Å². The van der Waals surface area contributed by atoms with Gasteiger partial charge in [-0.15, -0.1) is 0 Å². The summed E-state index contributed by atoms with van der Waals surface area (Å²) in [4.78, 5) is 2.10. The lowest BCUT2D eigenvalue weighted by Gasteiger charge is -2.42. The molecular formula is C12H25F3N2. The molecule has 0 atom stereocenters. The molecule has 0 saturated carbocycles. The summed E-state index contributed by atoms with van der Waals surface area (Å²) >= 11 is 0. The molecule has 0 fully saturated rings. The minimum absolute atomic E-state index is 0.139. The maximum Gasteiger partial charge on any atom is 0.389 e. The van der Waals surface area contributed by atoms with Crippen molar-refractivity contribution in [2.24, 2.45) is 5.73 Å². The fourth-order valence-corrected chi connectivity index (χ4v) is 2.32. The number of likely N-dealkylation sites (N-methyl/N-ethyl adjacent to an activating group) is 1. The van der Waals surface area contributed by atoms with Crippen LogP contribution in [0, 0.1) is 0 Å². The van der Waals surface area contributed by atoms with Crippen LogP contribution in [0.3, 0.4) is 0 Å². The summed E-state index contributed by atoms with van der Waals surface area (Å²) in [5.74, 6) is 0. The van der Waals surface area contributed by atoms with E-state index in [0.717, 1.165) is 19.4 Å². The lowest BCUT2D eigenvalue weighted by atomic mass is 9.90. The van der Waals surface area contributed by atoms with Gasteiger partial charge in [0.25, 0.3) is 0 Å². The van der Waals surface area contributed by atoms with E-state index in [1.54, 1.807) is 0 Å². The van der Waals surface area contributed by atoms with Crippen molar-refractivity contribution in [2.45, 2.75) is 58.2 Å². The van der Waals surface area contributed by atoms with Crippen molar-refractivity contribution >= 4 is 0 Å². The highest BCUT2D eigenvalue weighted by atomic mass is 19.4. The number of rotatable bonds is 8. The maximum absolute atomic E-state index is 12.1. The average Bonchev–Trinajstić information content (AvgIpc) is 2.28. The topological polar surface area (TPSA) is 29.3 Å². The first-order chi connectivity index (χ1) is 7.85. The molecule has 0 aliphatic carbocycles. The Hall–Kier alpha value is -0.290. The van der Waals surface area contributed by atoms with Crippen LogP contribution in [0.1, 0.15) is 46.5 Å². The summed E-state index contributed by atoms with van der Waals surface area (Å²) in [6.07, 6.45) is -2.86. The first-order valence-electron chi connectivity index (χ1n) is 6.37. The van der Waals surface area contributed by atoms with Crippen molar-refractivity contribution < 1.29 is 13.2 Å². The Morgan fingerprint density at radius 1 is 1.06 bits per heavy atom. The zero-order valence-corrected chi connectivity index (χ0v) is 11.1. The average molecular weight is 254 g/mol. The van der Waals surface area contributed by atoms with E-state index in [-0.39, 0.29) is 12.0 Å². The number of hydrogen-bond acceptors (Lipinski definition) is 2. The van der Waals surface area contributed by atoms with Crippen molar-refractivity contribution in [1.82, 2.24) is 4.90 Å². The van der Waals surface area contributed by atoms with Gasteiger partial charge < -0.3 is 5.73 Å². The monoisotopic (exact) mass is 254 g/mol. The first-order valence-corrected chi connectivity index (χ1v) is 6.37. The molecule has 0 rings (SSSR count). The van der Waals surface area contributed by atoms with Gasteiger partial charge in [-0.05, 0) is 32.4 Å². The van der Waals surface area contributed by atoms with E-state index >= 15 is 0 Å². The van der Waals surface area contributed by atoms with Gasteiger partial charge in [0.05, 0.1) is 0 Å². The Morgan fingerprint density at radius 3 is 1.88 bits per heavy atom. The lowest BCUT2D eigenvalue weighted by molar-refractivity contribution is -0.137. The van der Waals surface area contributed by atoms with E-state index < -0.39 is 12.6 Å². The van der Waals surface area contributed by atoms with Gasteiger partial charge in [-0.25, -0.2) is 0 Å². The SMILES string of the molecule is CCN(CCCC(F)(F)F)C(CC)(CC)CN. The molecule has 0 aromatic carbocycles. The summed E-state index contributed by atoms with van der Waals surface area (Å²) < 4.78 is 36.3. The van der Waals surface area contributed by atoms with Crippen LogP contribution in [0.2, 0.25) is 0 Å². The van der Waals surface area contributed by atoms with E-state index in [0.29, 0.717) is 13.1 Å². The van der Waals surface area contributed by atoms with Crippen LogP contribution < -0.4 is 5.73 Å². The highest BCUT2D eigenvalue weighted by Gasteiger charge is 2.32. The van der Waals surface area contributed by atoms with Crippen molar-refractivity contribution in [3.8, 4) is 0 Å². The zero-order chi connectivity index (χ0) is 13.5. The summed E-state index contributed by atoms with van der Waals surface area (Å²) in [7, 11) is 0. The van der Waals surface area contributed by atoms with Gasteiger partial charge in [0.15, 0.2) is 0 Å². The molecule has 0 saturated heterocycles. The van der Waals surface area contributed by atoms with Crippen LogP contribution >= 0.6 is 0 Å². The summed E-state index contributed by atoms with van der Waals surface area (Å²) in [6, 6.07) is 0. The molecule has 0 aliphatic heterocycles. The van der Waals surface area contributed by atoms with Gasteiger partial charge in [-0.1, -0.05) is 20.8 Å². The molecule has 17 heavy (non-hydrogen) atoms. The van der Waals surface area contributed by atoms with Gasteiger partial charge in [0, 0.05) is 18.5 Å².